The van der Waals surface area contributed by atoms with Gasteiger partial charge in [-0.2, -0.15) is 0 Å². The second-order valence-corrected chi connectivity index (χ2v) is 3.51. The van der Waals surface area contributed by atoms with Gasteiger partial charge in [0.1, 0.15) is 4.92 Å². The van der Waals surface area contributed by atoms with E-state index in [1.165, 1.54) is 14.0 Å². The van der Waals surface area contributed by atoms with E-state index in [4.69, 9.17) is 0 Å². The van der Waals surface area contributed by atoms with Crippen molar-refractivity contribution in [1.29, 1.82) is 0 Å². The number of carbonyl (C=O) groups is 3. The summed E-state index contributed by atoms with van der Waals surface area (Å²) in [6.07, 6.45) is -1.27. The molecule has 0 saturated carbocycles. The van der Waals surface area contributed by atoms with Gasteiger partial charge in [0.15, 0.2) is 6.10 Å². The molecule has 1 rings (SSSR count). The second kappa shape index (κ2) is 6.31. The lowest BCUT2D eigenvalue weighted by atomic mass is 10.3. The molecule has 1 unspecified atom stereocenters. The van der Waals surface area contributed by atoms with E-state index in [1.54, 1.807) is 0 Å². The van der Waals surface area contributed by atoms with Crippen molar-refractivity contribution in [3.63, 3.8) is 0 Å². The first-order chi connectivity index (χ1) is 9.35. The average Bonchev–Trinajstić information content (AvgIpc) is 2.88. The number of nitro groups is 1. The van der Waals surface area contributed by atoms with Crippen LogP contribution >= 0.6 is 0 Å². The molecular weight excluding hydrogens is 274 g/mol. The minimum absolute atomic E-state index is 0.420. The molecule has 0 aliphatic rings. The molecule has 1 aromatic rings. The average molecular weight is 285 g/mol. The SMILES string of the molecule is CNC(=O)NC(=O)C(C)OC(=O)c1ccc([N+](=O)[O-])o1. The highest BCUT2D eigenvalue weighted by molar-refractivity contribution is 5.97. The Balaban J connectivity index is 2.62. The Morgan fingerprint density at radius 1 is 1.40 bits per heavy atom. The van der Waals surface area contributed by atoms with Gasteiger partial charge in [-0.3, -0.25) is 20.2 Å². The van der Waals surface area contributed by atoms with Gasteiger partial charge in [-0.05, 0) is 13.0 Å². The maximum atomic E-state index is 11.5. The fourth-order valence-corrected chi connectivity index (χ4v) is 1.08. The summed E-state index contributed by atoms with van der Waals surface area (Å²) in [5.74, 6) is -2.95. The van der Waals surface area contributed by atoms with Crippen molar-refractivity contribution in [1.82, 2.24) is 10.6 Å². The molecule has 0 aliphatic heterocycles. The number of carbonyl (C=O) groups excluding carboxylic acids is 3. The lowest BCUT2D eigenvalue weighted by molar-refractivity contribution is -0.402. The first-order valence-corrected chi connectivity index (χ1v) is 5.33. The van der Waals surface area contributed by atoms with Gasteiger partial charge < -0.3 is 14.5 Å². The largest absolute Gasteiger partial charge is 0.447 e. The van der Waals surface area contributed by atoms with Crippen LogP contribution in [-0.2, 0) is 9.53 Å². The third-order valence-corrected chi connectivity index (χ3v) is 2.09. The Labute approximate surface area is 112 Å². The predicted octanol–water partition coefficient (Wildman–Crippen LogP) is 0.189. The number of hydrogen-bond donors (Lipinski definition) is 2. The molecule has 10 heteroatoms. The van der Waals surface area contributed by atoms with Crippen LogP contribution in [0.5, 0.6) is 0 Å². The topological polar surface area (TPSA) is 141 Å². The molecule has 10 nitrogen and oxygen atoms in total. The third kappa shape index (κ3) is 3.80. The smallest absolute Gasteiger partial charge is 0.433 e. The first kappa shape index (κ1) is 15.1. The van der Waals surface area contributed by atoms with Gasteiger partial charge in [0, 0.05) is 7.05 Å². The van der Waals surface area contributed by atoms with Crippen LogP contribution in [0.2, 0.25) is 0 Å². The van der Waals surface area contributed by atoms with Crippen LogP contribution in [0.15, 0.2) is 16.5 Å². The number of urea groups is 1. The summed E-state index contributed by atoms with van der Waals surface area (Å²) >= 11 is 0. The third-order valence-electron chi connectivity index (χ3n) is 2.09. The van der Waals surface area contributed by atoms with Gasteiger partial charge in [-0.25, -0.2) is 9.59 Å². The normalized spacial score (nSPS) is 11.3. The quantitative estimate of drug-likeness (QED) is 0.457. The Bertz CT molecular complexity index is 551. The zero-order chi connectivity index (χ0) is 15.3. The van der Waals surface area contributed by atoms with Crippen molar-refractivity contribution < 1.29 is 28.5 Å². The maximum Gasteiger partial charge on any atom is 0.433 e. The Hall–Kier alpha value is -2.91. The Morgan fingerprint density at radius 2 is 2.05 bits per heavy atom. The van der Waals surface area contributed by atoms with E-state index < -0.39 is 40.6 Å². The van der Waals surface area contributed by atoms with Gasteiger partial charge in [-0.15, -0.1) is 0 Å². The Kier molecular flexibility index (Phi) is 4.78. The van der Waals surface area contributed by atoms with E-state index in [9.17, 15) is 24.5 Å². The van der Waals surface area contributed by atoms with Crippen LogP contribution in [0, 0.1) is 10.1 Å². The maximum absolute atomic E-state index is 11.5. The number of furan rings is 1. The minimum atomic E-state index is -1.27. The summed E-state index contributed by atoms with van der Waals surface area (Å²) in [7, 11) is 1.31. The van der Waals surface area contributed by atoms with E-state index in [1.807, 2.05) is 5.32 Å². The van der Waals surface area contributed by atoms with Crippen LogP contribution in [0.4, 0.5) is 10.7 Å². The molecule has 0 saturated heterocycles. The fraction of sp³-hybridized carbons (Fsp3) is 0.300. The highest BCUT2D eigenvalue weighted by Gasteiger charge is 2.24. The number of rotatable bonds is 4. The number of hydrogen-bond acceptors (Lipinski definition) is 7. The van der Waals surface area contributed by atoms with Crippen molar-refractivity contribution >= 4 is 23.8 Å². The number of nitrogens with zero attached hydrogens (tertiary/aromatic N) is 1. The van der Waals surface area contributed by atoms with Gasteiger partial charge in [-0.1, -0.05) is 0 Å². The molecule has 108 valence electrons. The molecule has 0 fully saturated rings. The van der Waals surface area contributed by atoms with Crippen molar-refractivity contribution in [3.8, 4) is 0 Å². The molecule has 2 N–H and O–H groups in total. The van der Waals surface area contributed by atoms with E-state index >= 15 is 0 Å². The number of esters is 1. The summed E-state index contributed by atoms with van der Waals surface area (Å²) in [4.78, 5) is 43.4. The molecule has 3 amide bonds. The minimum Gasteiger partial charge on any atom is -0.447 e. The molecule has 20 heavy (non-hydrogen) atoms. The molecule has 1 aromatic heterocycles. The van der Waals surface area contributed by atoms with E-state index in [0.717, 1.165) is 12.1 Å². The fourth-order valence-electron chi connectivity index (χ4n) is 1.08. The van der Waals surface area contributed by atoms with Crippen LogP contribution < -0.4 is 10.6 Å². The van der Waals surface area contributed by atoms with Crippen LogP contribution in [0.1, 0.15) is 17.5 Å². The number of amides is 3. The monoisotopic (exact) mass is 285 g/mol. The summed E-state index contributed by atoms with van der Waals surface area (Å²) in [5, 5.41) is 14.4. The van der Waals surface area contributed by atoms with Gasteiger partial charge >= 0.3 is 17.9 Å². The molecule has 0 aliphatic carbocycles. The number of imide groups is 1. The lowest BCUT2D eigenvalue weighted by Crippen LogP contribution is -2.43. The van der Waals surface area contributed by atoms with E-state index in [0.29, 0.717) is 0 Å². The standard InChI is InChI=1S/C10H11N3O7/c1-5(8(14)12-10(16)11-2)19-9(15)6-3-4-7(20-6)13(17)18/h3-5H,1-2H3,(H2,11,12,14,16). The highest BCUT2D eigenvalue weighted by Crippen LogP contribution is 2.16. The van der Waals surface area contributed by atoms with Crippen LogP contribution in [-0.4, -0.2) is 36.0 Å². The zero-order valence-corrected chi connectivity index (χ0v) is 10.5. The first-order valence-electron chi connectivity index (χ1n) is 5.33. The molecule has 1 heterocycles. The molecular formula is C10H11N3O7. The van der Waals surface area contributed by atoms with Crippen LogP contribution in [0.25, 0.3) is 0 Å². The van der Waals surface area contributed by atoms with Crippen molar-refractivity contribution in [2.45, 2.75) is 13.0 Å². The molecule has 0 aromatic carbocycles. The zero-order valence-electron chi connectivity index (χ0n) is 10.5. The number of ether oxygens (including phenoxy) is 1. The second-order valence-electron chi connectivity index (χ2n) is 3.51. The molecule has 1 atom stereocenters. The number of nitrogens with one attached hydrogen (secondary N) is 2. The summed E-state index contributed by atoms with van der Waals surface area (Å²) in [5.41, 5.74) is 0. The van der Waals surface area contributed by atoms with Crippen molar-refractivity contribution in [2.24, 2.45) is 0 Å². The van der Waals surface area contributed by atoms with Crippen molar-refractivity contribution in [2.75, 3.05) is 7.05 Å². The van der Waals surface area contributed by atoms with Crippen molar-refractivity contribution in [3.05, 3.63) is 28.0 Å². The summed E-state index contributed by atoms with van der Waals surface area (Å²) < 4.78 is 9.29. The lowest BCUT2D eigenvalue weighted by Gasteiger charge is -2.11. The summed E-state index contributed by atoms with van der Waals surface area (Å²) in [6, 6.07) is 1.27. The van der Waals surface area contributed by atoms with E-state index in [-0.39, 0.29) is 0 Å². The predicted molar refractivity (Wildman–Crippen MR) is 62.8 cm³/mol. The molecule has 0 spiro atoms. The highest BCUT2D eigenvalue weighted by atomic mass is 16.7. The molecule has 0 radical (unpaired) electrons. The summed E-state index contributed by atoms with van der Waals surface area (Å²) in [6.45, 7) is 1.23. The van der Waals surface area contributed by atoms with E-state index in [2.05, 4.69) is 14.5 Å². The van der Waals surface area contributed by atoms with Gasteiger partial charge in [0.25, 0.3) is 5.91 Å². The van der Waals surface area contributed by atoms with Gasteiger partial charge in [0.2, 0.25) is 5.76 Å². The molecule has 0 bridgehead atoms. The van der Waals surface area contributed by atoms with Crippen LogP contribution in [0.3, 0.4) is 0 Å². The Morgan fingerprint density at radius 3 is 2.55 bits per heavy atom. The van der Waals surface area contributed by atoms with Gasteiger partial charge in [0.05, 0.1) is 6.07 Å².